The van der Waals surface area contributed by atoms with Gasteiger partial charge in [0.15, 0.2) is 0 Å². The highest BCUT2D eigenvalue weighted by atomic mass is 35.5. The van der Waals surface area contributed by atoms with Crippen molar-refractivity contribution >= 4 is 29.9 Å². The third-order valence-corrected chi connectivity index (χ3v) is 6.44. The lowest BCUT2D eigenvalue weighted by molar-refractivity contribution is -0.120. The Kier molecular flexibility index (Phi) is 6.59. The largest absolute Gasteiger partial charge is 0.457 e. The minimum absolute atomic E-state index is 0. The maximum atomic E-state index is 14.6. The van der Waals surface area contributed by atoms with Gasteiger partial charge in [0, 0.05) is 18.8 Å². The lowest BCUT2D eigenvalue weighted by Gasteiger charge is -2.23. The monoisotopic (exact) mass is 481 g/mol. The lowest BCUT2D eigenvalue weighted by Crippen LogP contribution is -2.39. The predicted molar refractivity (Wildman–Crippen MR) is 130 cm³/mol. The van der Waals surface area contributed by atoms with Gasteiger partial charge in [-0.2, -0.15) is 0 Å². The number of amides is 2. The maximum Gasteiger partial charge on any atom is 0.257 e. The predicted octanol–water partition coefficient (Wildman–Crippen LogP) is 4.28. The van der Waals surface area contributed by atoms with E-state index >= 15 is 0 Å². The van der Waals surface area contributed by atoms with Gasteiger partial charge in [-0.05, 0) is 66.9 Å². The highest BCUT2D eigenvalue weighted by Gasteiger charge is 2.52. The second kappa shape index (κ2) is 9.44. The molecule has 6 nitrogen and oxygen atoms in total. The number of fused-ring (bicyclic) bond motifs is 2. The second-order valence-electron chi connectivity index (χ2n) is 8.48. The van der Waals surface area contributed by atoms with Crippen LogP contribution in [0.1, 0.15) is 27.9 Å². The normalized spacial score (nSPS) is 18.4. The van der Waals surface area contributed by atoms with Crippen molar-refractivity contribution in [3.63, 3.8) is 0 Å². The van der Waals surface area contributed by atoms with Crippen LogP contribution in [0, 0.1) is 5.82 Å². The molecule has 0 saturated carbocycles. The van der Waals surface area contributed by atoms with Gasteiger partial charge in [0.1, 0.15) is 17.3 Å². The summed E-state index contributed by atoms with van der Waals surface area (Å²) in [6.07, 6.45) is 1.27. The van der Waals surface area contributed by atoms with Crippen LogP contribution in [0.3, 0.4) is 0 Å². The molecule has 0 bridgehead atoms. The van der Waals surface area contributed by atoms with Crippen LogP contribution in [-0.2, 0) is 16.6 Å². The Morgan fingerprint density at radius 3 is 2.59 bits per heavy atom. The van der Waals surface area contributed by atoms with Gasteiger partial charge in [0.05, 0.1) is 11.0 Å². The minimum Gasteiger partial charge on any atom is -0.457 e. The number of benzene rings is 3. The second-order valence-corrected chi connectivity index (χ2v) is 8.48. The molecule has 2 amide bonds. The van der Waals surface area contributed by atoms with Gasteiger partial charge in [-0.25, -0.2) is 4.39 Å². The number of anilines is 1. The molecule has 1 spiro atoms. The van der Waals surface area contributed by atoms with Crippen molar-refractivity contribution in [1.82, 2.24) is 4.90 Å². The van der Waals surface area contributed by atoms with Gasteiger partial charge in [0.25, 0.3) is 5.91 Å². The number of carbonyl (C=O) groups is 2. The van der Waals surface area contributed by atoms with E-state index in [1.807, 2.05) is 48.5 Å². The fraction of sp³-hybridized carbons (Fsp3) is 0.231. The summed E-state index contributed by atoms with van der Waals surface area (Å²) in [4.78, 5) is 27.6. The van der Waals surface area contributed by atoms with Crippen LogP contribution in [-0.4, -0.2) is 36.3 Å². The molecule has 176 valence electrons. The van der Waals surface area contributed by atoms with E-state index in [0.717, 1.165) is 23.2 Å². The van der Waals surface area contributed by atoms with Crippen LogP contribution >= 0.6 is 12.4 Å². The zero-order valence-corrected chi connectivity index (χ0v) is 19.2. The molecule has 1 saturated heterocycles. The molecule has 0 aromatic heterocycles. The zero-order chi connectivity index (χ0) is 23.0. The first-order valence-electron chi connectivity index (χ1n) is 11.0. The molecule has 1 atom stereocenters. The molecule has 8 heteroatoms. The number of hydrogen-bond donors (Lipinski definition) is 2. The topological polar surface area (TPSA) is 84.7 Å². The van der Waals surface area contributed by atoms with Crippen molar-refractivity contribution in [2.45, 2.75) is 18.3 Å². The van der Waals surface area contributed by atoms with E-state index in [2.05, 4.69) is 5.32 Å². The molecule has 34 heavy (non-hydrogen) atoms. The number of halogens is 2. The van der Waals surface area contributed by atoms with E-state index in [0.29, 0.717) is 31.0 Å². The quantitative estimate of drug-likeness (QED) is 0.569. The van der Waals surface area contributed by atoms with Crippen LogP contribution in [0.2, 0.25) is 0 Å². The van der Waals surface area contributed by atoms with Crippen molar-refractivity contribution in [2.24, 2.45) is 5.73 Å². The van der Waals surface area contributed by atoms with E-state index in [4.69, 9.17) is 10.5 Å². The Bertz CT molecular complexity index is 1230. The minimum atomic E-state index is -0.790. The maximum absolute atomic E-state index is 14.6. The first-order valence-corrected chi connectivity index (χ1v) is 11.0. The number of nitrogens with two attached hydrogens (primary N) is 1. The molecular weight excluding hydrogens is 457 g/mol. The van der Waals surface area contributed by atoms with E-state index in [9.17, 15) is 14.0 Å². The Balaban J connectivity index is 0.00000274. The number of ether oxygens (including phenoxy) is 1. The average Bonchev–Trinajstić information content (AvgIpc) is 3.39. The van der Waals surface area contributed by atoms with Crippen molar-refractivity contribution in [1.29, 1.82) is 0 Å². The Morgan fingerprint density at radius 1 is 1.09 bits per heavy atom. The lowest BCUT2D eigenvalue weighted by atomic mass is 9.81. The molecule has 0 radical (unpaired) electrons. The molecule has 2 heterocycles. The van der Waals surface area contributed by atoms with Crippen molar-refractivity contribution < 1.29 is 18.7 Å². The van der Waals surface area contributed by atoms with Crippen molar-refractivity contribution in [3.05, 3.63) is 89.2 Å². The third kappa shape index (κ3) is 4.13. The number of para-hydroxylation sites is 1. The van der Waals surface area contributed by atoms with Crippen LogP contribution in [0.4, 0.5) is 10.1 Å². The van der Waals surface area contributed by atoms with Crippen molar-refractivity contribution in [3.8, 4) is 11.5 Å². The number of nitrogens with one attached hydrogen (secondary N) is 1. The SMILES string of the molecule is Cl.NCCc1ccc(Oc2ccc(F)c(C(=O)N3CCC4(C3)C(=O)Nc3ccccc34)c2)cc1. The molecule has 1 unspecified atom stereocenters. The van der Waals surface area contributed by atoms with Crippen LogP contribution in [0.25, 0.3) is 0 Å². The highest BCUT2D eigenvalue weighted by molar-refractivity contribution is 6.07. The number of hydrogen-bond acceptors (Lipinski definition) is 4. The van der Waals surface area contributed by atoms with E-state index in [1.165, 1.54) is 18.2 Å². The smallest absolute Gasteiger partial charge is 0.257 e. The van der Waals surface area contributed by atoms with E-state index in [-0.39, 0.29) is 30.4 Å². The summed E-state index contributed by atoms with van der Waals surface area (Å²) in [6, 6.07) is 19.1. The average molecular weight is 482 g/mol. The van der Waals surface area contributed by atoms with Gasteiger partial charge >= 0.3 is 0 Å². The van der Waals surface area contributed by atoms with Crippen LogP contribution in [0.15, 0.2) is 66.7 Å². The molecule has 5 rings (SSSR count). The first-order chi connectivity index (χ1) is 16.0. The Hall–Kier alpha value is -3.42. The van der Waals surface area contributed by atoms with Gasteiger partial charge in [-0.1, -0.05) is 30.3 Å². The fourth-order valence-corrected chi connectivity index (χ4v) is 4.69. The Labute approximate surface area is 203 Å². The zero-order valence-electron chi connectivity index (χ0n) is 18.4. The molecule has 3 N–H and O–H groups in total. The van der Waals surface area contributed by atoms with E-state index in [1.54, 1.807) is 4.90 Å². The third-order valence-electron chi connectivity index (χ3n) is 6.44. The molecule has 1 fully saturated rings. The number of rotatable bonds is 5. The summed E-state index contributed by atoms with van der Waals surface area (Å²) in [5.74, 6) is -0.243. The van der Waals surface area contributed by atoms with E-state index < -0.39 is 17.1 Å². The van der Waals surface area contributed by atoms with Crippen LogP contribution in [0.5, 0.6) is 11.5 Å². The molecule has 2 aliphatic heterocycles. The summed E-state index contributed by atoms with van der Waals surface area (Å²) >= 11 is 0. The highest BCUT2D eigenvalue weighted by Crippen LogP contribution is 2.44. The summed E-state index contributed by atoms with van der Waals surface area (Å²) in [6.45, 7) is 1.14. The molecule has 2 aliphatic rings. The summed E-state index contributed by atoms with van der Waals surface area (Å²) < 4.78 is 20.5. The molecule has 3 aromatic carbocycles. The summed E-state index contributed by atoms with van der Waals surface area (Å²) in [5.41, 5.74) is 7.48. The first kappa shape index (κ1) is 23.7. The van der Waals surface area contributed by atoms with Gasteiger partial charge in [0.2, 0.25) is 5.91 Å². The Morgan fingerprint density at radius 2 is 1.82 bits per heavy atom. The van der Waals surface area contributed by atoms with Crippen LogP contribution < -0.4 is 15.8 Å². The summed E-state index contributed by atoms with van der Waals surface area (Å²) in [5, 5.41) is 2.91. The molecule has 3 aromatic rings. The van der Waals surface area contributed by atoms with Gasteiger partial charge in [-0.3, -0.25) is 9.59 Å². The number of likely N-dealkylation sites (tertiary alicyclic amines) is 1. The standard InChI is InChI=1S/C26H24FN3O3.ClH/c27-22-10-9-19(33-18-7-5-17(6-8-18)11-13-28)15-20(22)24(31)30-14-12-26(16-30)21-3-1-2-4-23(21)29-25(26)32;/h1-10,15H,11-14,16,28H2,(H,29,32);1H. The van der Waals surface area contributed by atoms with Gasteiger partial charge < -0.3 is 20.7 Å². The number of carbonyl (C=O) groups excluding carboxylic acids is 2. The summed E-state index contributed by atoms with van der Waals surface area (Å²) in [7, 11) is 0. The van der Waals surface area contributed by atoms with Crippen molar-refractivity contribution in [2.75, 3.05) is 25.0 Å². The fourth-order valence-electron chi connectivity index (χ4n) is 4.69. The molecule has 0 aliphatic carbocycles. The number of nitrogens with zero attached hydrogens (tertiary/aromatic N) is 1. The molecular formula is C26H25ClFN3O3. The van der Waals surface area contributed by atoms with Gasteiger partial charge in [-0.15, -0.1) is 12.4 Å².